The number of likely N-dealkylation sites (tertiary alicyclic amines) is 1. The topological polar surface area (TPSA) is 140 Å². The zero-order valence-corrected chi connectivity index (χ0v) is 20.7. The maximum atomic E-state index is 12.4. The first-order valence-electron chi connectivity index (χ1n) is 12.0. The lowest BCUT2D eigenvalue weighted by Crippen LogP contribution is -2.71. The zero-order valence-electron chi connectivity index (χ0n) is 20.7. The molecule has 0 aliphatic carbocycles. The molecule has 1 atom stereocenters. The van der Waals surface area contributed by atoms with E-state index in [0.29, 0.717) is 17.3 Å². The highest BCUT2D eigenvalue weighted by Gasteiger charge is 2.43. The lowest BCUT2D eigenvalue weighted by atomic mass is 10.0. The predicted octanol–water partition coefficient (Wildman–Crippen LogP) is 1.96. The van der Waals surface area contributed by atoms with E-state index < -0.39 is 29.2 Å². The lowest BCUT2D eigenvalue weighted by molar-refractivity contribution is -0.136. The number of nitrogens with zero attached hydrogens (tertiary/aromatic N) is 1. The van der Waals surface area contributed by atoms with Crippen molar-refractivity contribution in [3.63, 3.8) is 0 Å². The summed E-state index contributed by atoms with van der Waals surface area (Å²) in [5, 5.41) is 27.2. The van der Waals surface area contributed by atoms with Crippen LogP contribution in [-0.2, 0) is 20.9 Å². The molecule has 10 heteroatoms. The number of hydrogen-bond donors (Lipinski definition) is 5. The van der Waals surface area contributed by atoms with E-state index in [1.54, 1.807) is 26.0 Å². The fourth-order valence-electron chi connectivity index (χ4n) is 4.23. The van der Waals surface area contributed by atoms with Crippen molar-refractivity contribution in [3.05, 3.63) is 64.9 Å². The first kappa shape index (κ1) is 27.0. The number of hydrogen-bond acceptors (Lipinski definition) is 7. The first-order chi connectivity index (χ1) is 17.2. The summed E-state index contributed by atoms with van der Waals surface area (Å²) in [6, 6.07) is 8.00. The Balaban J connectivity index is 1.60. The number of amides is 1. The molecule has 0 aromatic heterocycles. The van der Waals surface area contributed by atoms with Crippen LogP contribution in [0, 0.1) is 0 Å². The standard InChI is InChI=1S/C26H34N4O6/c1-18-19(2)28-26(29-24(18)33,22(25(34)35)16-23(31)32)27-11-4-7-14-36-21-10-8-9-20(15-21)17-30-12-5-3-6-13-30/h4,7-10,15-16,27-28H,3,5-6,11-14,17H2,1-2H3,(H,29,33)(H,31,32)(H,34,35). The molecule has 3 rings (SSSR count). The first-order valence-corrected chi connectivity index (χ1v) is 12.0. The van der Waals surface area contributed by atoms with E-state index in [1.807, 2.05) is 18.2 Å². The lowest BCUT2D eigenvalue weighted by Gasteiger charge is -2.41. The quantitative estimate of drug-likeness (QED) is 0.229. The Morgan fingerprint density at radius 1 is 1.14 bits per heavy atom. The van der Waals surface area contributed by atoms with Crippen LogP contribution in [0.15, 0.2) is 59.3 Å². The molecule has 0 spiro atoms. The number of ether oxygens (including phenoxy) is 1. The van der Waals surface area contributed by atoms with Gasteiger partial charge < -0.3 is 25.6 Å². The van der Waals surface area contributed by atoms with Gasteiger partial charge in [0, 0.05) is 30.4 Å². The molecule has 2 heterocycles. The van der Waals surface area contributed by atoms with Gasteiger partial charge in [0.1, 0.15) is 17.9 Å². The molecule has 0 radical (unpaired) electrons. The summed E-state index contributed by atoms with van der Waals surface area (Å²) in [6.07, 6.45) is 7.82. The number of carbonyl (C=O) groups is 3. The number of carboxylic acid groups (broad SMARTS) is 2. The average Bonchev–Trinajstić information content (AvgIpc) is 2.84. The van der Waals surface area contributed by atoms with Crippen molar-refractivity contribution >= 4 is 17.8 Å². The number of carboxylic acids is 2. The molecule has 1 fully saturated rings. The van der Waals surface area contributed by atoms with Crippen molar-refractivity contribution in [2.45, 2.75) is 45.4 Å². The Labute approximate surface area is 210 Å². The van der Waals surface area contributed by atoms with Crippen molar-refractivity contribution < 1.29 is 29.3 Å². The maximum Gasteiger partial charge on any atom is 0.337 e. The van der Waals surface area contributed by atoms with Crippen LogP contribution in [0.5, 0.6) is 5.75 Å². The van der Waals surface area contributed by atoms with E-state index in [2.05, 4.69) is 26.9 Å². The summed E-state index contributed by atoms with van der Waals surface area (Å²) < 4.78 is 5.83. The number of allylic oxidation sites excluding steroid dienone is 1. The third-order valence-electron chi connectivity index (χ3n) is 6.23. The third-order valence-corrected chi connectivity index (χ3v) is 6.23. The van der Waals surface area contributed by atoms with Gasteiger partial charge in [0.25, 0.3) is 5.91 Å². The molecule has 2 aliphatic rings. The maximum absolute atomic E-state index is 12.4. The minimum atomic E-state index is -1.79. The van der Waals surface area contributed by atoms with Crippen molar-refractivity contribution in [3.8, 4) is 5.75 Å². The van der Waals surface area contributed by atoms with Gasteiger partial charge >= 0.3 is 11.9 Å². The minimum Gasteiger partial charge on any atom is -0.490 e. The fraction of sp³-hybridized carbons (Fsp3) is 0.423. The van der Waals surface area contributed by atoms with Crippen molar-refractivity contribution in [1.29, 1.82) is 0 Å². The van der Waals surface area contributed by atoms with E-state index in [1.165, 1.54) is 24.8 Å². The van der Waals surface area contributed by atoms with Gasteiger partial charge in [0.15, 0.2) is 0 Å². The van der Waals surface area contributed by atoms with Gasteiger partial charge in [-0.05, 0) is 57.5 Å². The summed E-state index contributed by atoms with van der Waals surface area (Å²) in [6.45, 7) is 6.77. The number of benzene rings is 1. The summed E-state index contributed by atoms with van der Waals surface area (Å²) >= 11 is 0. The molecular weight excluding hydrogens is 464 g/mol. The van der Waals surface area contributed by atoms with Crippen molar-refractivity contribution in [1.82, 2.24) is 20.9 Å². The second-order valence-electron chi connectivity index (χ2n) is 8.93. The Hall–Kier alpha value is -3.63. The van der Waals surface area contributed by atoms with Gasteiger partial charge in [-0.2, -0.15) is 0 Å². The average molecular weight is 499 g/mol. The number of nitrogens with one attached hydrogen (secondary N) is 3. The van der Waals surface area contributed by atoms with Crippen LogP contribution in [0.3, 0.4) is 0 Å². The van der Waals surface area contributed by atoms with Gasteiger partial charge in [-0.3, -0.25) is 15.0 Å². The molecule has 1 saturated heterocycles. The predicted molar refractivity (Wildman–Crippen MR) is 134 cm³/mol. The second kappa shape index (κ2) is 12.4. The molecule has 1 amide bonds. The highest BCUT2D eigenvalue weighted by atomic mass is 16.5. The monoisotopic (exact) mass is 498 g/mol. The summed E-state index contributed by atoms with van der Waals surface area (Å²) in [7, 11) is 0. The Morgan fingerprint density at radius 2 is 1.89 bits per heavy atom. The van der Waals surface area contributed by atoms with Gasteiger partial charge in [-0.15, -0.1) is 0 Å². The van der Waals surface area contributed by atoms with Crippen LogP contribution in [0.4, 0.5) is 0 Å². The molecule has 1 unspecified atom stereocenters. The molecule has 36 heavy (non-hydrogen) atoms. The van der Waals surface area contributed by atoms with Crippen LogP contribution in [-0.4, -0.2) is 65.0 Å². The van der Waals surface area contributed by atoms with Crippen LogP contribution in [0.2, 0.25) is 0 Å². The number of rotatable bonds is 11. The van der Waals surface area contributed by atoms with E-state index in [4.69, 9.17) is 9.84 Å². The zero-order chi connectivity index (χ0) is 26.1. The van der Waals surface area contributed by atoms with Crippen molar-refractivity contribution in [2.24, 2.45) is 0 Å². The van der Waals surface area contributed by atoms with Crippen LogP contribution >= 0.6 is 0 Å². The van der Waals surface area contributed by atoms with Gasteiger partial charge in [-0.25, -0.2) is 9.59 Å². The van der Waals surface area contributed by atoms with Gasteiger partial charge in [0.05, 0.1) is 0 Å². The summed E-state index contributed by atoms with van der Waals surface area (Å²) in [5.74, 6) is -4.47. The molecule has 0 saturated carbocycles. The molecule has 0 bridgehead atoms. The number of piperidine rings is 1. The molecule has 1 aromatic rings. The van der Waals surface area contributed by atoms with Crippen LogP contribution in [0.1, 0.15) is 38.7 Å². The van der Waals surface area contributed by atoms with E-state index in [-0.39, 0.29) is 13.2 Å². The van der Waals surface area contributed by atoms with Crippen LogP contribution < -0.4 is 20.7 Å². The summed E-state index contributed by atoms with van der Waals surface area (Å²) in [4.78, 5) is 38.0. The molecule has 2 aliphatic heterocycles. The third kappa shape index (κ3) is 7.19. The normalized spacial score (nSPS) is 21.3. The van der Waals surface area contributed by atoms with E-state index >= 15 is 0 Å². The smallest absolute Gasteiger partial charge is 0.337 e. The Kier molecular flexibility index (Phi) is 9.26. The molecule has 1 aromatic carbocycles. The van der Waals surface area contributed by atoms with Crippen molar-refractivity contribution in [2.75, 3.05) is 26.2 Å². The number of carbonyl (C=O) groups excluding carboxylic acids is 1. The minimum absolute atomic E-state index is 0.127. The van der Waals surface area contributed by atoms with E-state index in [9.17, 15) is 19.5 Å². The molecule has 10 nitrogen and oxygen atoms in total. The molecule has 194 valence electrons. The fourth-order valence-corrected chi connectivity index (χ4v) is 4.23. The second-order valence-corrected chi connectivity index (χ2v) is 8.93. The number of aliphatic carboxylic acids is 2. The highest BCUT2D eigenvalue weighted by molar-refractivity contribution is 6.00. The van der Waals surface area contributed by atoms with Gasteiger partial charge in [-0.1, -0.05) is 30.7 Å². The van der Waals surface area contributed by atoms with Crippen LogP contribution in [0.25, 0.3) is 0 Å². The molecular formula is C26H34N4O6. The largest absolute Gasteiger partial charge is 0.490 e. The van der Waals surface area contributed by atoms with E-state index in [0.717, 1.165) is 25.4 Å². The Morgan fingerprint density at radius 3 is 2.56 bits per heavy atom. The summed E-state index contributed by atoms with van der Waals surface area (Å²) in [5.41, 5.74) is 1.45. The SMILES string of the molecule is CC1=C(C)C(=O)NC(NCC=CCOc2cccc(CN3CCCCC3)c2)(C(=CC(=O)O)C(=O)O)N1. The van der Waals surface area contributed by atoms with Gasteiger partial charge in [0.2, 0.25) is 5.79 Å². The molecule has 5 N–H and O–H groups in total. The highest BCUT2D eigenvalue weighted by Crippen LogP contribution is 2.21. The Bertz CT molecular complexity index is 1070.